The molecule has 8 heteroatoms. The lowest BCUT2D eigenvalue weighted by atomic mass is 10.1. The van der Waals surface area contributed by atoms with E-state index in [2.05, 4.69) is 17.9 Å². The molecule has 0 N–H and O–H groups in total. The highest BCUT2D eigenvalue weighted by Gasteiger charge is 2.22. The van der Waals surface area contributed by atoms with E-state index < -0.39 is 9.84 Å². The third-order valence-corrected chi connectivity index (χ3v) is 7.04. The number of fused-ring (bicyclic) bond motifs is 1. The van der Waals surface area contributed by atoms with E-state index in [1.807, 2.05) is 26.2 Å². The molecule has 0 radical (unpaired) electrons. The number of para-hydroxylation sites is 1. The number of anilines is 1. The van der Waals surface area contributed by atoms with Crippen molar-refractivity contribution >= 4 is 42.4 Å². The zero-order valence-corrected chi connectivity index (χ0v) is 19.4. The summed E-state index contributed by atoms with van der Waals surface area (Å²) >= 11 is 1.51. The number of hydrogen-bond acceptors (Lipinski definition) is 6. The molecule has 0 bridgehead atoms. The van der Waals surface area contributed by atoms with E-state index >= 15 is 0 Å². The smallest absolute Gasteiger partial charge is 0.260 e. The summed E-state index contributed by atoms with van der Waals surface area (Å²) in [6.07, 6.45) is 2.84. The quantitative estimate of drug-likeness (QED) is 0.527. The van der Waals surface area contributed by atoms with Crippen molar-refractivity contribution < 1.29 is 13.2 Å². The molecule has 0 atom stereocenters. The van der Waals surface area contributed by atoms with Crippen LogP contribution in [0.3, 0.4) is 0 Å². The van der Waals surface area contributed by atoms with Crippen LogP contribution in [0.2, 0.25) is 0 Å². The van der Waals surface area contributed by atoms with Crippen LogP contribution in [0.1, 0.15) is 29.3 Å². The maximum atomic E-state index is 13.3. The van der Waals surface area contributed by atoms with Gasteiger partial charge in [-0.05, 0) is 69.4 Å². The van der Waals surface area contributed by atoms with Gasteiger partial charge in [-0.3, -0.25) is 9.69 Å². The number of thiazole rings is 1. The molecule has 1 amide bonds. The zero-order valence-electron chi connectivity index (χ0n) is 17.8. The molecular weight excluding hydrogens is 418 g/mol. The Morgan fingerprint density at radius 1 is 1.07 bits per heavy atom. The predicted molar refractivity (Wildman–Crippen MR) is 123 cm³/mol. The lowest BCUT2D eigenvalue weighted by Gasteiger charge is -2.21. The Hall–Kier alpha value is -2.29. The molecular formula is C22H27N3O3S2. The highest BCUT2D eigenvalue weighted by Crippen LogP contribution is 2.32. The molecule has 160 valence electrons. The number of rotatable bonds is 8. The van der Waals surface area contributed by atoms with Crippen molar-refractivity contribution in [2.24, 2.45) is 0 Å². The first kappa shape index (κ1) is 22.4. The van der Waals surface area contributed by atoms with Gasteiger partial charge >= 0.3 is 0 Å². The standard InChI is InChI=1S/C22H27N3O3S2/c1-5-16-8-6-9-19-20(16)23-22(29-19)25(15-7-14-24(2)3)21(26)17-10-12-18(13-11-17)30(4,27)28/h6,8-13H,5,7,14-15H2,1-4H3. The van der Waals surface area contributed by atoms with Crippen LogP contribution in [-0.4, -0.2) is 57.6 Å². The van der Waals surface area contributed by atoms with E-state index in [9.17, 15) is 13.2 Å². The number of benzene rings is 2. The SMILES string of the molecule is CCc1cccc2sc(N(CCCN(C)C)C(=O)c3ccc(S(C)(=O)=O)cc3)nc12. The van der Waals surface area contributed by atoms with Crippen molar-refractivity contribution in [2.75, 3.05) is 38.3 Å². The molecule has 0 saturated heterocycles. The highest BCUT2D eigenvalue weighted by molar-refractivity contribution is 7.90. The van der Waals surface area contributed by atoms with Gasteiger partial charge in [0, 0.05) is 18.4 Å². The van der Waals surface area contributed by atoms with E-state index in [1.54, 1.807) is 17.0 Å². The highest BCUT2D eigenvalue weighted by atomic mass is 32.2. The summed E-state index contributed by atoms with van der Waals surface area (Å²) in [5, 5.41) is 0.668. The summed E-state index contributed by atoms with van der Waals surface area (Å²) in [6, 6.07) is 12.2. The number of amides is 1. The number of aryl methyl sites for hydroxylation is 1. The van der Waals surface area contributed by atoms with Crippen molar-refractivity contribution in [3.63, 3.8) is 0 Å². The number of carbonyl (C=O) groups excluding carboxylic acids is 1. The van der Waals surface area contributed by atoms with E-state index in [0.29, 0.717) is 17.2 Å². The Balaban J connectivity index is 1.97. The first-order chi connectivity index (χ1) is 14.2. The van der Waals surface area contributed by atoms with Gasteiger partial charge < -0.3 is 4.90 Å². The second kappa shape index (κ2) is 9.24. The van der Waals surface area contributed by atoms with Gasteiger partial charge in [0.1, 0.15) is 0 Å². The molecule has 3 aromatic rings. The van der Waals surface area contributed by atoms with Crippen molar-refractivity contribution in [1.82, 2.24) is 9.88 Å². The normalized spacial score (nSPS) is 11.9. The van der Waals surface area contributed by atoms with Crippen LogP contribution in [0.25, 0.3) is 10.2 Å². The Labute approximate surface area is 182 Å². The Morgan fingerprint density at radius 3 is 2.37 bits per heavy atom. The fraction of sp³-hybridized carbons (Fsp3) is 0.364. The minimum atomic E-state index is -3.31. The molecule has 3 rings (SSSR count). The summed E-state index contributed by atoms with van der Waals surface area (Å²) in [4.78, 5) is 22.1. The van der Waals surface area contributed by atoms with Crippen molar-refractivity contribution in [2.45, 2.75) is 24.7 Å². The Bertz CT molecular complexity index is 1140. The summed E-state index contributed by atoms with van der Waals surface area (Å²) < 4.78 is 24.5. The molecule has 0 aliphatic heterocycles. The van der Waals surface area contributed by atoms with E-state index in [4.69, 9.17) is 4.98 Å². The molecule has 2 aromatic carbocycles. The molecule has 0 saturated carbocycles. The molecule has 0 unspecified atom stereocenters. The van der Waals surface area contributed by atoms with Crippen LogP contribution in [-0.2, 0) is 16.3 Å². The Kier molecular flexibility index (Phi) is 6.90. The fourth-order valence-electron chi connectivity index (χ4n) is 3.22. The van der Waals surface area contributed by atoms with Gasteiger partial charge in [0.05, 0.1) is 15.1 Å². The second-order valence-electron chi connectivity index (χ2n) is 7.52. The fourth-order valence-corrected chi connectivity index (χ4v) is 4.89. The third-order valence-electron chi connectivity index (χ3n) is 4.86. The van der Waals surface area contributed by atoms with Crippen LogP contribution >= 0.6 is 11.3 Å². The van der Waals surface area contributed by atoms with Gasteiger partial charge in [-0.1, -0.05) is 30.4 Å². The van der Waals surface area contributed by atoms with Crippen LogP contribution in [0.4, 0.5) is 5.13 Å². The molecule has 1 aromatic heterocycles. The number of carbonyl (C=O) groups is 1. The summed E-state index contributed by atoms with van der Waals surface area (Å²) in [6.45, 7) is 3.48. The van der Waals surface area contributed by atoms with Gasteiger partial charge in [0.2, 0.25) is 0 Å². The maximum Gasteiger partial charge on any atom is 0.260 e. The van der Waals surface area contributed by atoms with E-state index in [0.717, 1.165) is 41.4 Å². The first-order valence-corrected chi connectivity index (χ1v) is 12.6. The largest absolute Gasteiger partial charge is 0.309 e. The molecule has 1 heterocycles. The molecule has 30 heavy (non-hydrogen) atoms. The summed E-state index contributed by atoms with van der Waals surface area (Å²) in [5.41, 5.74) is 2.55. The van der Waals surface area contributed by atoms with Crippen molar-refractivity contribution in [1.29, 1.82) is 0 Å². The minimum Gasteiger partial charge on any atom is -0.309 e. The number of nitrogens with zero attached hydrogens (tertiary/aromatic N) is 3. The van der Waals surface area contributed by atoms with Crippen molar-refractivity contribution in [3.05, 3.63) is 53.6 Å². The second-order valence-corrected chi connectivity index (χ2v) is 10.5. The molecule has 6 nitrogen and oxygen atoms in total. The van der Waals surface area contributed by atoms with Gasteiger partial charge in [-0.25, -0.2) is 13.4 Å². The lowest BCUT2D eigenvalue weighted by Crippen LogP contribution is -2.33. The maximum absolute atomic E-state index is 13.3. The average Bonchev–Trinajstić information content (AvgIpc) is 3.14. The predicted octanol–water partition coefficient (Wildman–Crippen LogP) is 3.86. The molecule has 0 aliphatic carbocycles. The number of sulfone groups is 1. The van der Waals surface area contributed by atoms with E-state index in [-0.39, 0.29) is 10.8 Å². The van der Waals surface area contributed by atoms with Gasteiger partial charge in [-0.2, -0.15) is 0 Å². The van der Waals surface area contributed by atoms with Crippen molar-refractivity contribution in [3.8, 4) is 0 Å². The Morgan fingerprint density at radius 2 is 1.77 bits per heavy atom. The van der Waals surface area contributed by atoms with Gasteiger partial charge in [-0.15, -0.1) is 0 Å². The molecule has 0 spiro atoms. The summed E-state index contributed by atoms with van der Waals surface area (Å²) in [7, 11) is 0.695. The topological polar surface area (TPSA) is 70.6 Å². The van der Waals surface area contributed by atoms with Crippen LogP contribution in [0.15, 0.2) is 47.4 Å². The van der Waals surface area contributed by atoms with E-state index in [1.165, 1.54) is 23.5 Å². The molecule has 0 aliphatic rings. The van der Waals surface area contributed by atoms with Gasteiger partial charge in [0.15, 0.2) is 15.0 Å². The number of hydrogen-bond donors (Lipinski definition) is 0. The molecule has 0 fully saturated rings. The zero-order chi connectivity index (χ0) is 21.9. The minimum absolute atomic E-state index is 0.175. The monoisotopic (exact) mass is 445 g/mol. The average molecular weight is 446 g/mol. The van der Waals surface area contributed by atoms with Gasteiger partial charge in [0.25, 0.3) is 5.91 Å². The first-order valence-electron chi connectivity index (χ1n) is 9.86. The van der Waals surface area contributed by atoms with Crippen LogP contribution < -0.4 is 4.90 Å². The summed E-state index contributed by atoms with van der Waals surface area (Å²) in [5.74, 6) is -0.175. The van der Waals surface area contributed by atoms with Crippen LogP contribution in [0.5, 0.6) is 0 Å². The lowest BCUT2D eigenvalue weighted by molar-refractivity contribution is 0.0986. The van der Waals surface area contributed by atoms with Crippen LogP contribution in [0, 0.1) is 0 Å². The number of aromatic nitrogens is 1. The third kappa shape index (κ3) is 5.06.